The highest BCUT2D eigenvalue weighted by Crippen LogP contribution is 1.97. The summed E-state index contributed by atoms with van der Waals surface area (Å²) >= 11 is 4.68. The number of rotatable bonds is 1. The van der Waals surface area contributed by atoms with Crippen molar-refractivity contribution in [3.05, 3.63) is 16.8 Å². The molecule has 1 aromatic heterocycles. The normalized spacial score (nSPS) is 9.62. The molecule has 0 fully saturated rings. The Hall–Kier alpha value is -0.570. The van der Waals surface area contributed by atoms with Crippen LogP contribution >= 0.6 is 12.2 Å². The fourth-order valence-electron chi connectivity index (χ4n) is 0.492. The molecule has 0 aromatic carbocycles. The summed E-state index contributed by atoms with van der Waals surface area (Å²) in [6.07, 6.45) is 2.68. The first-order valence-electron chi connectivity index (χ1n) is 2.50. The molecule has 1 rings (SSSR count). The van der Waals surface area contributed by atoms with Crippen molar-refractivity contribution < 1.29 is 4.42 Å². The Morgan fingerprint density at radius 2 is 2.62 bits per heavy atom. The predicted molar refractivity (Wildman–Crippen MR) is 33.3 cm³/mol. The van der Waals surface area contributed by atoms with Gasteiger partial charge >= 0.3 is 0 Å². The van der Waals surface area contributed by atoms with Crippen molar-refractivity contribution in [2.24, 2.45) is 0 Å². The Morgan fingerprint density at radius 3 is 2.88 bits per heavy atom. The molecule has 0 aliphatic heterocycles. The molecule has 44 valence electrons. The van der Waals surface area contributed by atoms with Crippen LogP contribution in [0.15, 0.2) is 10.6 Å². The molecule has 0 atom stereocenters. The van der Waals surface area contributed by atoms with Gasteiger partial charge in [0, 0.05) is 12.6 Å². The number of hydrogen-bond donors (Lipinski definition) is 1. The fourth-order valence-corrected chi connectivity index (χ4v) is 0.658. The van der Waals surface area contributed by atoms with Crippen molar-refractivity contribution in [2.75, 3.05) is 0 Å². The smallest absolute Gasteiger partial charge is 0.266 e. The van der Waals surface area contributed by atoms with E-state index < -0.39 is 0 Å². The molecule has 0 amide bonds. The molecule has 1 aromatic rings. The summed E-state index contributed by atoms with van der Waals surface area (Å²) in [6, 6.07) is 0. The molecule has 0 unspecified atom stereocenters. The lowest BCUT2D eigenvalue weighted by atomic mass is 10.4. The topological polar surface area (TPSA) is 28.9 Å². The van der Waals surface area contributed by atoms with Crippen LogP contribution in [-0.2, 0) is 6.42 Å². The van der Waals surface area contributed by atoms with Gasteiger partial charge in [0.1, 0.15) is 5.76 Å². The van der Waals surface area contributed by atoms with Gasteiger partial charge in [-0.3, -0.25) is 0 Å². The van der Waals surface area contributed by atoms with E-state index in [1.54, 1.807) is 6.20 Å². The van der Waals surface area contributed by atoms with Gasteiger partial charge in [0.2, 0.25) is 0 Å². The van der Waals surface area contributed by atoms with E-state index in [9.17, 15) is 0 Å². The molecule has 0 bridgehead atoms. The Balaban J connectivity index is 3.01. The first kappa shape index (κ1) is 5.56. The number of nitrogens with one attached hydrogen (secondary N) is 1. The van der Waals surface area contributed by atoms with E-state index in [4.69, 9.17) is 4.42 Å². The third-order valence-corrected chi connectivity index (χ3v) is 1.12. The zero-order chi connectivity index (χ0) is 5.98. The highest BCUT2D eigenvalue weighted by atomic mass is 32.1. The molecular weight excluding hydrogens is 122 g/mol. The lowest BCUT2D eigenvalue weighted by Crippen LogP contribution is -1.67. The molecule has 3 heteroatoms. The molecule has 0 aliphatic rings. The summed E-state index contributed by atoms with van der Waals surface area (Å²) in [7, 11) is 0. The fraction of sp³-hybridized carbons (Fsp3) is 0.400. The van der Waals surface area contributed by atoms with Crippen molar-refractivity contribution in [1.29, 1.82) is 0 Å². The van der Waals surface area contributed by atoms with E-state index in [0.29, 0.717) is 4.84 Å². The van der Waals surface area contributed by atoms with Gasteiger partial charge in [0.05, 0.1) is 0 Å². The minimum Gasteiger partial charge on any atom is -0.435 e. The monoisotopic (exact) mass is 129 g/mol. The van der Waals surface area contributed by atoms with E-state index in [2.05, 4.69) is 17.2 Å². The Labute approximate surface area is 52.5 Å². The van der Waals surface area contributed by atoms with Gasteiger partial charge in [-0.2, -0.15) is 0 Å². The van der Waals surface area contributed by atoms with Crippen molar-refractivity contribution in [3.8, 4) is 0 Å². The van der Waals surface area contributed by atoms with E-state index in [0.717, 1.165) is 12.2 Å². The first-order valence-corrected chi connectivity index (χ1v) is 2.91. The second-order valence-electron chi connectivity index (χ2n) is 1.50. The number of hydrogen-bond acceptors (Lipinski definition) is 2. The average molecular weight is 129 g/mol. The molecule has 0 spiro atoms. The minimum atomic E-state index is 0.460. The second kappa shape index (κ2) is 2.13. The van der Waals surface area contributed by atoms with Crippen molar-refractivity contribution in [1.82, 2.24) is 4.98 Å². The van der Waals surface area contributed by atoms with Crippen molar-refractivity contribution in [2.45, 2.75) is 13.3 Å². The Bertz CT molecular complexity index is 212. The second-order valence-corrected chi connectivity index (χ2v) is 1.87. The van der Waals surface area contributed by atoms with Gasteiger partial charge < -0.3 is 9.40 Å². The SMILES string of the molecule is CCc1c[nH]c(=S)o1. The zero-order valence-corrected chi connectivity index (χ0v) is 5.42. The molecular formula is C5H7NOS. The standard InChI is InChI=1S/C5H7NOS/c1-2-4-3-6-5(8)7-4/h3H,2H2,1H3,(H,6,8). The van der Waals surface area contributed by atoms with Gasteiger partial charge in [0.15, 0.2) is 0 Å². The highest BCUT2D eigenvalue weighted by Gasteiger charge is 1.88. The minimum absolute atomic E-state index is 0.460. The molecule has 0 aliphatic carbocycles. The average Bonchev–Trinajstić information content (AvgIpc) is 2.14. The van der Waals surface area contributed by atoms with Crippen LogP contribution < -0.4 is 0 Å². The zero-order valence-electron chi connectivity index (χ0n) is 4.60. The van der Waals surface area contributed by atoms with Crippen LogP contribution in [0.25, 0.3) is 0 Å². The summed E-state index contributed by atoms with van der Waals surface area (Å²) in [6.45, 7) is 2.02. The quantitative estimate of drug-likeness (QED) is 0.587. The Kier molecular flexibility index (Phi) is 1.48. The lowest BCUT2D eigenvalue weighted by molar-refractivity contribution is 0.495. The summed E-state index contributed by atoms with van der Waals surface area (Å²) < 4.78 is 4.99. The molecule has 0 radical (unpaired) electrons. The highest BCUT2D eigenvalue weighted by molar-refractivity contribution is 7.71. The number of aryl methyl sites for hydroxylation is 1. The van der Waals surface area contributed by atoms with Crippen LogP contribution in [0.2, 0.25) is 0 Å². The molecule has 1 N–H and O–H groups in total. The summed E-state index contributed by atoms with van der Waals surface area (Å²) in [5.74, 6) is 0.912. The number of aromatic amines is 1. The number of H-pyrrole nitrogens is 1. The van der Waals surface area contributed by atoms with E-state index >= 15 is 0 Å². The third kappa shape index (κ3) is 0.980. The first-order chi connectivity index (χ1) is 3.83. The van der Waals surface area contributed by atoms with Crippen LogP contribution in [0, 0.1) is 4.84 Å². The van der Waals surface area contributed by atoms with Gasteiger partial charge in [-0.1, -0.05) is 6.92 Å². The lowest BCUT2D eigenvalue weighted by Gasteiger charge is -1.77. The van der Waals surface area contributed by atoms with Crippen LogP contribution in [0.4, 0.5) is 0 Å². The largest absolute Gasteiger partial charge is 0.435 e. The molecule has 0 saturated carbocycles. The van der Waals surface area contributed by atoms with Crippen molar-refractivity contribution in [3.63, 3.8) is 0 Å². The van der Waals surface area contributed by atoms with Crippen LogP contribution in [-0.4, -0.2) is 4.98 Å². The van der Waals surface area contributed by atoms with Gasteiger partial charge in [-0.05, 0) is 12.2 Å². The molecule has 8 heavy (non-hydrogen) atoms. The van der Waals surface area contributed by atoms with Crippen LogP contribution in [0.1, 0.15) is 12.7 Å². The number of aromatic nitrogens is 1. The molecule has 1 heterocycles. The van der Waals surface area contributed by atoms with Crippen LogP contribution in [0.5, 0.6) is 0 Å². The maximum atomic E-state index is 4.99. The third-order valence-electron chi connectivity index (χ3n) is 0.923. The van der Waals surface area contributed by atoms with E-state index in [1.165, 1.54) is 0 Å². The Morgan fingerprint density at radius 1 is 1.88 bits per heavy atom. The van der Waals surface area contributed by atoms with Gasteiger partial charge in [-0.15, -0.1) is 0 Å². The van der Waals surface area contributed by atoms with Gasteiger partial charge in [-0.25, -0.2) is 0 Å². The maximum Gasteiger partial charge on any atom is 0.266 e. The van der Waals surface area contributed by atoms with E-state index in [1.807, 2.05) is 6.92 Å². The van der Waals surface area contributed by atoms with Crippen LogP contribution in [0.3, 0.4) is 0 Å². The van der Waals surface area contributed by atoms with Gasteiger partial charge in [0.25, 0.3) is 4.84 Å². The summed E-state index contributed by atoms with van der Waals surface area (Å²) in [5, 5.41) is 0. The van der Waals surface area contributed by atoms with E-state index in [-0.39, 0.29) is 0 Å². The summed E-state index contributed by atoms with van der Waals surface area (Å²) in [5.41, 5.74) is 0. The predicted octanol–water partition coefficient (Wildman–Crippen LogP) is 1.90. The molecule has 2 nitrogen and oxygen atoms in total. The van der Waals surface area contributed by atoms with Crippen molar-refractivity contribution >= 4 is 12.2 Å². The molecule has 0 saturated heterocycles. The number of oxazole rings is 1. The maximum absolute atomic E-state index is 4.99. The summed E-state index contributed by atoms with van der Waals surface area (Å²) in [4.78, 5) is 3.23.